The van der Waals surface area contributed by atoms with Gasteiger partial charge in [-0.2, -0.15) is 0 Å². The molecule has 2 heterocycles. The minimum atomic E-state index is -0.913. The van der Waals surface area contributed by atoms with Gasteiger partial charge in [0.25, 0.3) is 0 Å². The summed E-state index contributed by atoms with van der Waals surface area (Å²) in [4.78, 5) is 25.5. The van der Waals surface area contributed by atoms with E-state index in [9.17, 15) is 4.79 Å². The molecule has 0 unspecified atom stereocenters. The van der Waals surface area contributed by atoms with E-state index in [-0.39, 0.29) is 0 Å². The van der Waals surface area contributed by atoms with Gasteiger partial charge in [-0.25, -0.2) is 19.7 Å². The lowest BCUT2D eigenvalue weighted by Gasteiger charge is -2.35. The molecule has 0 radical (unpaired) electrons. The van der Waals surface area contributed by atoms with Crippen LogP contribution < -0.4 is 5.32 Å². The first kappa shape index (κ1) is 17.2. The van der Waals surface area contributed by atoms with Crippen molar-refractivity contribution in [2.45, 2.75) is 30.2 Å². The lowest BCUT2D eigenvalue weighted by atomic mass is 9.78. The fourth-order valence-electron chi connectivity index (χ4n) is 3.13. The molecule has 0 bridgehead atoms. The van der Waals surface area contributed by atoms with Crippen LogP contribution in [0.3, 0.4) is 0 Å². The van der Waals surface area contributed by atoms with Crippen molar-refractivity contribution in [2.24, 2.45) is 5.92 Å². The molecular formula is C18H18N4O2S2. The number of hydrogen-bond donors (Lipinski definition) is 2. The number of rotatable bonds is 6. The summed E-state index contributed by atoms with van der Waals surface area (Å²) in [6.07, 6.45) is 8.84. The average Bonchev–Trinajstić information content (AvgIpc) is 3.02. The molecule has 0 amide bonds. The molecule has 1 fully saturated rings. The van der Waals surface area contributed by atoms with Crippen LogP contribution in [0, 0.1) is 5.92 Å². The topological polar surface area (TPSA) is 88.0 Å². The summed E-state index contributed by atoms with van der Waals surface area (Å²) in [7, 11) is 0. The van der Waals surface area contributed by atoms with Crippen LogP contribution in [0.2, 0.25) is 0 Å². The van der Waals surface area contributed by atoms with Crippen molar-refractivity contribution in [3.05, 3.63) is 42.0 Å². The van der Waals surface area contributed by atoms with Gasteiger partial charge in [0.05, 0.1) is 15.8 Å². The van der Waals surface area contributed by atoms with Crippen molar-refractivity contribution < 1.29 is 9.90 Å². The van der Waals surface area contributed by atoms with E-state index in [4.69, 9.17) is 5.11 Å². The zero-order valence-electron chi connectivity index (χ0n) is 14.2. The molecule has 26 heavy (non-hydrogen) atoms. The Bertz CT molecular complexity index is 936. The zero-order chi connectivity index (χ0) is 18.1. The molecule has 1 saturated carbocycles. The number of thiazole rings is 1. The third-order valence-electron chi connectivity index (χ3n) is 4.59. The summed E-state index contributed by atoms with van der Waals surface area (Å²) in [5.74, 6) is 0.595. The summed E-state index contributed by atoms with van der Waals surface area (Å²) in [5, 5.41) is 13.4. The van der Waals surface area contributed by atoms with Gasteiger partial charge in [0.2, 0.25) is 0 Å². The minimum absolute atomic E-state index is 0.295. The number of aromatic nitrogens is 3. The highest BCUT2D eigenvalue weighted by molar-refractivity contribution is 7.98. The summed E-state index contributed by atoms with van der Waals surface area (Å²) in [5.41, 5.74) is 1.13. The van der Waals surface area contributed by atoms with Crippen LogP contribution in [-0.4, -0.2) is 38.3 Å². The molecule has 2 N–H and O–H groups in total. The number of anilines is 1. The van der Waals surface area contributed by atoms with Gasteiger partial charge in [0.15, 0.2) is 5.13 Å². The molecule has 0 atom stereocenters. The molecule has 0 spiro atoms. The number of fused-ring (bicyclic) bond motifs is 1. The van der Waals surface area contributed by atoms with Crippen LogP contribution in [0.4, 0.5) is 5.13 Å². The van der Waals surface area contributed by atoms with Crippen molar-refractivity contribution in [1.82, 2.24) is 15.0 Å². The molecule has 1 aromatic carbocycles. The zero-order valence-corrected chi connectivity index (χ0v) is 15.8. The molecule has 6 nitrogen and oxygen atoms in total. The van der Waals surface area contributed by atoms with Gasteiger partial charge in [0, 0.05) is 29.8 Å². The van der Waals surface area contributed by atoms with Crippen molar-refractivity contribution in [3.63, 3.8) is 0 Å². The molecule has 1 aliphatic carbocycles. The Morgan fingerprint density at radius 2 is 2.12 bits per heavy atom. The number of carbonyl (C=O) groups is 1. The monoisotopic (exact) mass is 386 g/mol. The second-order valence-electron chi connectivity index (χ2n) is 6.43. The number of carboxylic acids is 1. The smallest absolute Gasteiger partial charge is 0.335 e. The van der Waals surface area contributed by atoms with Gasteiger partial charge in [-0.3, -0.25) is 0 Å². The Morgan fingerprint density at radius 1 is 1.35 bits per heavy atom. The van der Waals surface area contributed by atoms with Crippen molar-refractivity contribution in [2.75, 3.05) is 11.6 Å². The molecule has 0 saturated heterocycles. The Balaban J connectivity index is 1.33. The van der Waals surface area contributed by atoms with Gasteiger partial charge in [-0.05, 0) is 43.2 Å². The molecule has 3 aromatic rings. The van der Waals surface area contributed by atoms with Crippen LogP contribution in [0.15, 0.2) is 35.5 Å². The fourth-order valence-corrected chi connectivity index (χ4v) is 4.42. The Morgan fingerprint density at radius 3 is 2.81 bits per heavy atom. The minimum Gasteiger partial charge on any atom is -0.478 e. The predicted molar refractivity (Wildman–Crippen MR) is 104 cm³/mol. The first-order valence-corrected chi connectivity index (χ1v) is 10.4. The first-order valence-electron chi connectivity index (χ1n) is 8.36. The summed E-state index contributed by atoms with van der Waals surface area (Å²) in [6, 6.07) is 5.44. The standard InChI is InChI=1S/C18H18N4O2S2/c1-25-13-8-19-16(20-9-13)6-10-4-12(5-10)21-18-22-14-3-2-11(17(23)24)7-15(14)26-18/h2-3,7-10,12H,4-6H2,1H3,(H,21,22)(H,23,24). The van der Waals surface area contributed by atoms with Crippen LogP contribution in [-0.2, 0) is 6.42 Å². The Kier molecular flexibility index (Phi) is 4.78. The van der Waals surface area contributed by atoms with E-state index in [1.165, 1.54) is 11.3 Å². The molecular weight excluding hydrogens is 368 g/mol. The highest BCUT2D eigenvalue weighted by Gasteiger charge is 2.30. The number of nitrogens with one attached hydrogen (secondary N) is 1. The Labute approximate surface area is 159 Å². The third kappa shape index (κ3) is 3.66. The van der Waals surface area contributed by atoms with Gasteiger partial charge in [-0.1, -0.05) is 11.3 Å². The lowest BCUT2D eigenvalue weighted by molar-refractivity contribution is 0.0697. The van der Waals surface area contributed by atoms with E-state index in [1.54, 1.807) is 30.0 Å². The molecule has 4 rings (SSSR count). The van der Waals surface area contributed by atoms with Crippen molar-refractivity contribution in [1.29, 1.82) is 0 Å². The molecule has 0 aliphatic heterocycles. The fraction of sp³-hybridized carbons (Fsp3) is 0.333. The average molecular weight is 387 g/mol. The first-order chi connectivity index (χ1) is 12.6. The van der Waals surface area contributed by atoms with E-state index in [2.05, 4.69) is 20.3 Å². The molecule has 1 aliphatic rings. The highest BCUT2D eigenvalue weighted by atomic mass is 32.2. The van der Waals surface area contributed by atoms with E-state index in [0.29, 0.717) is 17.5 Å². The van der Waals surface area contributed by atoms with Crippen molar-refractivity contribution >= 4 is 44.4 Å². The Hall–Kier alpha value is -2.19. The van der Waals surface area contributed by atoms with E-state index in [1.807, 2.05) is 18.6 Å². The maximum absolute atomic E-state index is 11.1. The van der Waals surface area contributed by atoms with Crippen LogP contribution in [0.5, 0.6) is 0 Å². The normalized spacial score (nSPS) is 19.3. The van der Waals surface area contributed by atoms with Crippen molar-refractivity contribution in [3.8, 4) is 0 Å². The van der Waals surface area contributed by atoms with Gasteiger partial charge in [0.1, 0.15) is 5.82 Å². The number of aromatic carboxylic acids is 1. The van der Waals surface area contributed by atoms with Gasteiger partial charge >= 0.3 is 5.97 Å². The van der Waals surface area contributed by atoms with E-state index >= 15 is 0 Å². The van der Waals surface area contributed by atoms with E-state index < -0.39 is 5.97 Å². The number of nitrogens with zero attached hydrogens (tertiary/aromatic N) is 3. The molecule has 2 aromatic heterocycles. The second-order valence-corrected chi connectivity index (χ2v) is 8.34. The third-order valence-corrected chi connectivity index (χ3v) is 6.22. The van der Waals surface area contributed by atoms with Crippen LogP contribution >= 0.6 is 23.1 Å². The van der Waals surface area contributed by atoms with Crippen LogP contribution in [0.1, 0.15) is 29.0 Å². The summed E-state index contributed by atoms with van der Waals surface area (Å²) >= 11 is 3.15. The molecule has 134 valence electrons. The summed E-state index contributed by atoms with van der Waals surface area (Å²) < 4.78 is 0.894. The number of benzene rings is 1. The second kappa shape index (κ2) is 7.20. The van der Waals surface area contributed by atoms with E-state index in [0.717, 1.165) is 45.3 Å². The predicted octanol–water partition coefficient (Wildman–Crippen LogP) is 3.94. The van der Waals surface area contributed by atoms with Gasteiger partial charge < -0.3 is 10.4 Å². The lowest BCUT2D eigenvalue weighted by Crippen LogP contribution is -2.36. The summed E-state index contributed by atoms with van der Waals surface area (Å²) in [6.45, 7) is 0. The number of thioether (sulfide) groups is 1. The van der Waals surface area contributed by atoms with Crippen LogP contribution in [0.25, 0.3) is 10.2 Å². The molecule has 8 heteroatoms. The maximum Gasteiger partial charge on any atom is 0.335 e. The number of hydrogen-bond acceptors (Lipinski definition) is 7. The SMILES string of the molecule is CSc1cnc(CC2CC(Nc3nc4ccc(C(=O)O)cc4s3)C2)nc1. The number of carboxylic acid groups (broad SMARTS) is 1. The largest absolute Gasteiger partial charge is 0.478 e. The quantitative estimate of drug-likeness (QED) is 0.620. The highest BCUT2D eigenvalue weighted by Crippen LogP contribution is 2.35. The maximum atomic E-state index is 11.1. The van der Waals surface area contributed by atoms with Gasteiger partial charge in [-0.15, -0.1) is 11.8 Å².